The fourth-order valence-electron chi connectivity index (χ4n) is 3.32. The number of carbonyl (C=O) groups excluding carboxylic acids is 1. The second kappa shape index (κ2) is 8.60. The van der Waals surface area contributed by atoms with Gasteiger partial charge in [-0.15, -0.1) is 0 Å². The van der Waals surface area contributed by atoms with Gasteiger partial charge in [0.25, 0.3) is 0 Å². The third-order valence-electron chi connectivity index (χ3n) is 4.50. The molecule has 4 atom stereocenters. The number of carbonyl (C=O) groups is 1. The van der Waals surface area contributed by atoms with Crippen LogP contribution in [-0.4, -0.2) is 27.2 Å². The van der Waals surface area contributed by atoms with Crippen LogP contribution in [0.4, 0.5) is 5.69 Å². The molecule has 4 nitrogen and oxygen atoms in total. The van der Waals surface area contributed by atoms with Crippen LogP contribution in [0.25, 0.3) is 0 Å². The average molecular weight is 337 g/mol. The molecule has 1 aliphatic rings. The molecule has 0 heterocycles. The summed E-state index contributed by atoms with van der Waals surface area (Å²) in [7, 11) is -0.748. The first-order valence-electron chi connectivity index (χ1n) is 8.52. The minimum Gasteiger partial charge on any atom is -0.326 e. The van der Waals surface area contributed by atoms with Gasteiger partial charge in [-0.2, -0.15) is 0 Å². The molecule has 0 saturated heterocycles. The van der Waals surface area contributed by atoms with Crippen molar-refractivity contribution >= 4 is 22.4 Å². The lowest BCUT2D eigenvalue weighted by Gasteiger charge is -2.34. The Labute approximate surface area is 141 Å². The Morgan fingerprint density at radius 3 is 2.78 bits per heavy atom. The van der Waals surface area contributed by atoms with Gasteiger partial charge in [0.2, 0.25) is 5.91 Å². The average Bonchev–Trinajstić information content (AvgIpc) is 2.54. The van der Waals surface area contributed by atoms with Gasteiger partial charge >= 0.3 is 0 Å². The van der Waals surface area contributed by atoms with Crippen molar-refractivity contribution in [3.05, 3.63) is 29.8 Å². The molecule has 1 amide bonds. The summed E-state index contributed by atoms with van der Waals surface area (Å²) in [5.41, 5.74) is 1.96. The molecule has 0 aliphatic heterocycles. The number of hydrogen-bond acceptors (Lipinski definition) is 3. The molecule has 1 aliphatic carbocycles. The van der Waals surface area contributed by atoms with Crippen molar-refractivity contribution in [2.24, 2.45) is 0 Å². The first-order chi connectivity index (χ1) is 11.0. The molecular formula is C18H28N2O2S. The molecule has 2 N–H and O–H groups in total. The van der Waals surface area contributed by atoms with Gasteiger partial charge in [-0.1, -0.05) is 31.9 Å². The highest BCUT2D eigenvalue weighted by atomic mass is 32.2. The van der Waals surface area contributed by atoms with Gasteiger partial charge < -0.3 is 10.6 Å². The molecule has 1 fully saturated rings. The Morgan fingerprint density at radius 2 is 2.09 bits per heavy atom. The zero-order chi connectivity index (χ0) is 16.8. The van der Waals surface area contributed by atoms with Crippen LogP contribution in [-0.2, 0) is 15.6 Å². The number of anilines is 1. The minimum absolute atomic E-state index is 0.0616. The van der Waals surface area contributed by atoms with Gasteiger partial charge in [0, 0.05) is 41.2 Å². The van der Waals surface area contributed by atoms with Crippen LogP contribution < -0.4 is 10.6 Å². The van der Waals surface area contributed by atoms with E-state index in [2.05, 4.69) is 23.6 Å². The molecule has 2 rings (SSSR count). The van der Waals surface area contributed by atoms with Gasteiger partial charge in [0.15, 0.2) is 0 Å². The maximum Gasteiger partial charge on any atom is 0.221 e. The summed E-state index contributed by atoms with van der Waals surface area (Å²) in [6.07, 6.45) is 4.53. The monoisotopic (exact) mass is 336 g/mol. The van der Waals surface area contributed by atoms with E-state index in [1.165, 1.54) is 19.8 Å². The lowest BCUT2D eigenvalue weighted by molar-refractivity contribution is -0.114. The molecule has 0 radical (unpaired) electrons. The normalized spacial score (nSPS) is 24.0. The molecular weight excluding hydrogens is 308 g/mol. The van der Waals surface area contributed by atoms with E-state index in [-0.39, 0.29) is 17.2 Å². The van der Waals surface area contributed by atoms with E-state index in [9.17, 15) is 9.00 Å². The number of nitrogens with one attached hydrogen (secondary N) is 2. The largest absolute Gasteiger partial charge is 0.326 e. The van der Waals surface area contributed by atoms with Gasteiger partial charge in [0.1, 0.15) is 0 Å². The van der Waals surface area contributed by atoms with Crippen LogP contribution in [0.3, 0.4) is 0 Å². The fraction of sp³-hybridized carbons (Fsp3) is 0.611. The molecule has 1 saturated carbocycles. The number of rotatable bonds is 6. The Morgan fingerprint density at radius 1 is 1.35 bits per heavy atom. The topological polar surface area (TPSA) is 58.2 Å². The summed E-state index contributed by atoms with van der Waals surface area (Å²) in [6.45, 7) is 5.65. The molecule has 0 bridgehead atoms. The Bertz CT molecular complexity index is 562. The van der Waals surface area contributed by atoms with Gasteiger partial charge in [0.05, 0.1) is 5.25 Å². The SMILES string of the molecule is CC[S@](=O)[C@@H]1CCCC[C@H]1N[C@H](C)c1cccc(NC(C)=O)c1. The second-order valence-electron chi connectivity index (χ2n) is 6.29. The van der Waals surface area contributed by atoms with Gasteiger partial charge in [-0.3, -0.25) is 9.00 Å². The van der Waals surface area contributed by atoms with Crippen LogP contribution in [0, 0.1) is 0 Å². The summed E-state index contributed by atoms with van der Waals surface area (Å²) in [4.78, 5) is 11.2. The predicted molar refractivity (Wildman–Crippen MR) is 97.0 cm³/mol. The summed E-state index contributed by atoms with van der Waals surface area (Å²) in [6, 6.07) is 8.41. The van der Waals surface area contributed by atoms with E-state index in [0.717, 1.165) is 29.8 Å². The van der Waals surface area contributed by atoms with Crippen molar-refractivity contribution in [1.29, 1.82) is 0 Å². The molecule has 0 spiro atoms. The third-order valence-corrected chi connectivity index (χ3v) is 6.30. The summed E-state index contributed by atoms with van der Waals surface area (Å²) in [5.74, 6) is 0.670. The number of benzene rings is 1. The van der Waals surface area contributed by atoms with E-state index in [1.54, 1.807) is 0 Å². The van der Waals surface area contributed by atoms with Crippen molar-refractivity contribution in [3.63, 3.8) is 0 Å². The summed E-state index contributed by atoms with van der Waals surface area (Å²) in [5, 5.41) is 6.76. The molecule has 128 valence electrons. The van der Waals surface area contributed by atoms with E-state index in [4.69, 9.17) is 0 Å². The highest BCUT2D eigenvalue weighted by molar-refractivity contribution is 7.85. The summed E-state index contributed by atoms with van der Waals surface area (Å²) < 4.78 is 12.3. The smallest absolute Gasteiger partial charge is 0.221 e. The molecule has 1 aromatic carbocycles. The predicted octanol–water partition coefficient (Wildman–Crippen LogP) is 3.38. The van der Waals surface area contributed by atoms with Crippen LogP contribution in [0.5, 0.6) is 0 Å². The van der Waals surface area contributed by atoms with E-state index >= 15 is 0 Å². The highest BCUT2D eigenvalue weighted by Crippen LogP contribution is 2.26. The second-order valence-corrected chi connectivity index (χ2v) is 8.24. The van der Waals surface area contributed by atoms with E-state index in [1.807, 2.05) is 25.1 Å². The van der Waals surface area contributed by atoms with Crippen LogP contribution in [0.15, 0.2) is 24.3 Å². The van der Waals surface area contributed by atoms with E-state index in [0.29, 0.717) is 6.04 Å². The fourth-order valence-corrected chi connectivity index (χ4v) is 4.76. The van der Waals surface area contributed by atoms with Crippen molar-refractivity contribution in [2.75, 3.05) is 11.1 Å². The lowest BCUT2D eigenvalue weighted by atomic mass is 9.93. The maximum atomic E-state index is 12.3. The molecule has 0 unspecified atom stereocenters. The summed E-state index contributed by atoms with van der Waals surface area (Å²) >= 11 is 0. The van der Waals surface area contributed by atoms with Crippen LogP contribution in [0.1, 0.15) is 58.1 Å². The molecule has 0 aromatic heterocycles. The minimum atomic E-state index is -0.748. The van der Waals surface area contributed by atoms with Crippen LogP contribution in [0.2, 0.25) is 0 Å². The molecule has 1 aromatic rings. The first kappa shape index (κ1) is 18.1. The zero-order valence-electron chi connectivity index (χ0n) is 14.3. The van der Waals surface area contributed by atoms with Gasteiger partial charge in [-0.25, -0.2) is 0 Å². The quantitative estimate of drug-likeness (QED) is 0.837. The number of hydrogen-bond donors (Lipinski definition) is 2. The first-order valence-corrected chi connectivity index (χ1v) is 9.90. The van der Waals surface area contributed by atoms with Crippen molar-refractivity contribution < 1.29 is 9.00 Å². The van der Waals surface area contributed by atoms with Crippen molar-refractivity contribution in [3.8, 4) is 0 Å². The third kappa shape index (κ3) is 5.15. The molecule has 5 heteroatoms. The lowest BCUT2D eigenvalue weighted by Crippen LogP contribution is -2.45. The Kier molecular flexibility index (Phi) is 6.78. The van der Waals surface area contributed by atoms with Gasteiger partial charge in [-0.05, 0) is 37.5 Å². The standard InChI is InChI=1S/C18H28N2O2S/c1-4-23(22)18-11-6-5-10-17(18)19-13(2)15-8-7-9-16(12-15)20-14(3)21/h7-9,12-13,17-19H,4-6,10-11H2,1-3H3,(H,20,21)/t13-,17-,18-,23+/m1/s1. The van der Waals surface area contributed by atoms with Crippen LogP contribution >= 0.6 is 0 Å². The van der Waals surface area contributed by atoms with Crippen molar-refractivity contribution in [1.82, 2.24) is 5.32 Å². The van der Waals surface area contributed by atoms with E-state index < -0.39 is 10.8 Å². The van der Waals surface area contributed by atoms with Crippen molar-refractivity contribution in [2.45, 2.75) is 63.8 Å². The zero-order valence-corrected chi connectivity index (χ0v) is 15.1. The Hall–Kier alpha value is -1.20. The number of amides is 1. The Balaban J connectivity index is 2.06. The molecule has 23 heavy (non-hydrogen) atoms. The maximum absolute atomic E-state index is 12.3. The highest BCUT2D eigenvalue weighted by Gasteiger charge is 2.30.